The Balaban J connectivity index is 1.38. The van der Waals surface area contributed by atoms with Crippen LogP contribution in [0, 0.1) is 0 Å². The van der Waals surface area contributed by atoms with Gasteiger partial charge in [-0.25, -0.2) is 0 Å². The monoisotopic (exact) mass is 431 g/mol. The maximum absolute atomic E-state index is 12.9. The molecule has 3 aromatic rings. The molecule has 1 amide bonds. The van der Waals surface area contributed by atoms with Gasteiger partial charge in [0.25, 0.3) is 5.91 Å². The zero-order valence-electron chi connectivity index (χ0n) is 18.4. The molecule has 0 bridgehead atoms. The summed E-state index contributed by atoms with van der Waals surface area (Å²) < 4.78 is 16.7. The molecule has 0 aromatic heterocycles. The molecule has 32 heavy (non-hydrogen) atoms. The van der Waals surface area contributed by atoms with Crippen molar-refractivity contribution in [2.45, 2.75) is 24.9 Å². The van der Waals surface area contributed by atoms with E-state index in [0.29, 0.717) is 31.9 Å². The molecule has 0 saturated carbocycles. The number of ether oxygens (including phenoxy) is 3. The Hall–Kier alpha value is -3.31. The molecule has 4 rings (SSSR count). The first kappa shape index (κ1) is 21.9. The van der Waals surface area contributed by atoms with Gasteiger partial charge in [0, 0.05) is 30.7 Å². The molecule has 0 radical (unpaired) electrons. The molecule has 166 valence electrons. The number of amides is 1. The van der Waals surface area contributed by atoms with Crippen molar-refractivity contribution in [2.24, 2.45) is 0 Å². The predicted octanol–water partition coefficient (Wildman–Crippen LogP) is 4.75. The number of carbonyl (C=O) groups is 1. The molecule has 1 aliphatic rings. The second kappa shape index (κ2) is 10.3. The predicted molar refractivity (Wildman–Crippen MR) is 124 cm³/mol. The van der Waals surface area contributed by atoms with Crippen molar-refractivity contribution in [3.63, 3.8) is 0 Å². The maximum Gasteiger partial charge on any atom is 0.251 e. The van der Waals surface area contributed by atoms with Crippen molar-refractivity contribution in [3.8, 4) is 11.5 Å². The lowest BCUT2D eigenvalue weighted by Gasteiger charge is -2.38. The topological polar surface area (TPSA) is 56.8 Å². The minimum absolute atomic E-state index is 0.0695. The van der Waals surface area contributed by atoms with Crippen molar-refractivity contribution in [1.82, 2.24) is 5.32 Å². The summed E-state index contributed by atoms with van der Waals surface area (Å²) in [7, 11) is 1.67. The van der Waals surface area contributed by atoms with E-state index in [4.69, 9.17) is 14.2 Å². The Bertz CT molecular complexity index is 994. The molecule has 0 unspecified atom stereocenters. The SMILES string of the molecule is COc1ccc(C2(CNC(=O)c3ccc(COc4ccccc4)cc3)CCOCC2)cc1. The zero-order valence-corrected chi connectivity index (χ0v) is 18.4. The molecule has 0 atom stereocenters. The average molecular weight is 432 g/mol. The smallest absolute Gasteiger partial charge is 0.251 e. The van der Waals surface area contributed by atoms with Gasteiger partial charge in [0.15, 0.2) is 0 Å². The molecule has 1 heterocycles. The molecule has 5 nitrogen and oxygen atoms in total. The first-order chi connectivity index (χ1) is 15.7. The van der Waals surface area contributed by atoms with Crippen LogP contribution in [-0.2, 0) is 16.8 Å². The van der Waals surface area contributed by atoms with Crippen LogP contribution in [0.5, 0.6) is 11.5 Å². The van der Waals surface area contributed by atoms with Crippen LogP contribution in [0.25, 0.3) is 0 Å². The van der Waals surface area contributed by atoms with Crippen LogP contribution in [0.1, 0.15) is 34.3 Å². The third-order valence-corrected chi connectivity index (χ3v) is 6.10. The lowest BCUT2D eigenvalue weighted by atomic mass is 9.74. The average Bonchev–Trinajstić information content (AvgIpc) is 2.87. The van der Waals surface area contributed by atoms with E-state index in [9.17, 15) is 4.79 Å². The highest BCUT2D eigenvalue weighted by atomic mass is 16.5. The molecule has 1 aliphatic heterocycles. The molecule has 0 aliphatic carbocycles. The number of hydrogen-bond acceptors (Lipinski definition) is 4. The van der Waals surface area contributed by atoms with Gasteiger partial charge in [0.1, 0.15) is 18.1 Å². The number of rotatable bonds is 8. The molecule has 0 spiro atoms. The fourth-order valence-electron chi connectivity index (χ4n) is 4.06. The van der Waals surface area contributed by atoms with Gasteiger partial charge in [-0.05, 0) is 60.4 Å². The van der Waals surface area contributed by atoms with Crippen molar-refractivity contribution in [1.29, 1.82) is 0 Å². The van der Waals surface area contributed by atoms with Crippen LogP contribution in [0.4, 0.5) is 0 Å². The Kier molecular flexibility index (Phi) is 7.07. The number of para-hydroxylation sites is 1. The van der Waals surface area contributed by atoms with Gasteiger partial charge in [-0.2, -0.15) is 0 Å². The van der Waals surface area contributed by atoms with E-state index in [1.54, 1.807) is 7.11 Å². The van der Waals surface area contributed by atoms with Crippen LogP contribution in [0.15, 0.2) is 78.9 Å². The Morgan fingerprint density at radius 3 is 2.25 bits per heavy atom. The van der Waals surface area contributed by atoms with Crippen molar-refractivity contribution < 1.29 is 19.0 Å². The van der Waals surface area contributed by atoms with E-state index in [-0.39, 0.29) is 11.3 Å². The van der Waals surface area contributed by atoms with Crippen molar-refractivity contribution in [3.05, 3.63) is 95.6 Å². The molecular weight excluding hydrogens is 402 g/mol. The summed E-state index contributed by atoms with van der Waals surface area (Å²) in [5.74, 6) is 1.59. The third-order valence-electron chi connectivity index (χ3n) is 6.10. The highest BCUT2D eigenvalue weighted by Gasteiger charge is 2.35. The minimum atomic E-state index is -0.135. The van der Waals surface area contributed by atoms with Gasteiger partial charge >= 0.3 is 0 Å². The molecule has 1 saturated heterocycles. The van der Waals surface area contributed by atoms with E-state index >= 15 is 0 Å². The summed E-state index contributed by atoms with van der Waals surface area (Å²) in [6, 6.07) is 25.4. The van der Waals surface area contributed by atoms with Gasteiger partial charge < -0.3 is 19.5 Å². The summed E-state index contributed by atoms with van der Waals surface area (Å²) in [6.07, 6.45) is 1.74. The number of nitrogens with one attached hydrogen (secondary N) is 1. The standard InChI is InChI=1S/C27H29NO4/c1-30-24-13-11-23(12-14-24)27(15-17-31-18-16-27)20-28-26(29)22-9-7-21(8-10-22)19-32-25-5-3-2-4-6-25/h2-14H,15-20H2,1H3,(H,28,29). The van der Waals surface area contributed by atoms with Gasteiger partial charge in [-0.15, -0.1) is 0 Å². The fourth-order valence-corrected chi connectivity index (χ4v) is 4.06. The van der Waals surface area contributed by atoms with Gasteiger partial charge in [0.05, 0.1) is 7.11 Å². The highest BCUT2D eigenvalue weighted by Crippen LogP contribution is 2.35. The quantitative estimate of drug-likeness (QED) is 0.559. The molecule has 5 heteroatoms. The third kappa shape index (κ3) is 5.29. The van der Waals surface area contributed by atoms with E-state index in [0.717, 1.165) is 29.9 Å². The fraction of sp³-hybridized carbons (Fsp3) is 0.296. The lowest BCUT2D eigenvalue weighted by Crippen LogP contribution is -2.44. The largest absolute Gasteiger partial charge is 0.497 e. The van der Waals surface area contributed by atoms with Crippen LogP contribution in [-0.4, -0.2) is 32.8 Å². The second-order valence-electron chi connectivity index (χ2n) is 8.10. The highest BCUT2D eigenvalue weighted by molar-refractivity contribution is 5.94. The molecule has 1 N–H and O–H groups in total. The summed E-state index contributed by atoms with van der Waals surface area (Å²) in [6.45, 7) is 2.42. The first-order valence-corrected chi connectivity index (χ1v) is 11.0. The summed E-state index contributed by atoms with van der Waals surface area (Å²) >= 11 is 0. The van der Waals surface area contributed by atoms with E-state index in [1.807, 2.05) is 66.7 Å². The second-order valence-corrected chi connectivity index (χ2v) is 8.10. The number of methoxy groups -OCH3 is 1. The van der Waals surface area contributed by atoms with Gasteiger partial charge in [0.2, 0.25) is 0 Å². The zero-order chi connectivity index (χ0) is 22.2. The number of hydrogen-bond donors (Lipinski definition) is 1. The Morgan fingerprint density at radius 1 is 0.906 bits per heavy atom. The number of benzene rings is 3. The van der Waals surface area contributed by atoms with Crippen LogP contribution >= 0.6 is 0 Å². The Morgan fingerprint density at radius 2 is 1.59 bits per heavy atom. The molecular formula is C27H29NO4. The van der Waals surface area contributed by atoms with Crippen molar-refractivity contribution >= 4 is 5.91 Å². The van der Waals surface area contributed by atoms with E-state index in [1.165, 1.54) is 5.56 Å². The van der Waals surface area contributed by atoms with Gasteiger partial charge in [-0.3, -0.25) is 4.79 Å². The lowest BCUT2D eigenvalue weighted by molar-refractivity contribution is 0.0487. The van der Waals surface area contributed by atoms with Crippen LogP contribution in [0.2, 0.25) is 0 Å². The normalized spacial score (nSPS) is 15.0. The maximum atomic E-state index is 12.9. The first-order valence-electron chi connectivity index (χ1n) is 11.0. The molecule has 3 aromatic carbocycles. The number of carbonyl (C=O) groups excluding carboxylic acids is 1. The minimum Gasteiger partial charge on any atom is -0.497 e. The summed E-state index contributed by atoms with van der Waals surface area (Å²) in [5, 5.41) is 3.16. The van der Waals surface area contributed by atoms with E-state index < -0.39 is 0 Å². The Labute approximate surface area is 189 Å². The van der Waals surface area contributed by atoms with E-state index in [2.05, 4.69) is 17.4 Å². The summed E-state index contributed by atoms with van der Waals surface area (Å²) in [4.78, 5) is 12.9. The summed E-state index contributed by atoms with van der Waals surface area (Å²) in [5.41, 5.74) is 2.73. The van der Waals surface area contributed by atoms with Crippen LogP contribution in [0.3, 0.4) is 0 Å². The molecule has 1 fully saturated rings. The van der Waals surface area contributed by atoms with Crippen molar-refractivity contribution in [2.75, 3.05) is 26.9 Å². The van der Waals surface area contributed by atoms with Gasteiger partial charge in [-0.1, -0.05) is 42.5 Å². The van der Waals surface area contributed by atoms with Crippen LogP contribution < -0.4 is 14.8 Å².